The molecular weight excluding hydrogens is 215 g/mol. The van der Waals surface area contributed by atoms with E-state index in [9.17, 15) is 15.0 Å². The largest absolute Gasteiger partial charge is 1.00 e. The first kappa shape index (κ1) is 18.8. The van der Waals surface area contributed by atoms with E-state index in [0.29, 0.717) is 12.8 Å². The molecule has 4 heteroatoms. The van der Waals surface area contributed by atoms with E-state index in [1.807, 2.05) is 0 Å². The third kappa shape index (κ3) is 14.4. The molecule has 0 aliphatic heterocycles. The fourth-order valence-electron chi connectivity index (χ4n) is 1.61. The van der Waals surface area contributed by atoms with E-state index in [0.717, 1.165) is 12.8 Å². The number of carbonyl (C=O) groups is 1. The number of carboxylic acid groups (broad SMARTS) is 1. The van der Waals surface area contributed by atoms with Crippen molar-refractivity contribution in [2.45, 2.75) is 70.8 Å². The summed E-state index contributed by atoms with van der Waals surface area (Å²) in [6, 6.07) is 0. The number of carbonyl (C=O) groups excluding carboxylic acids is 1. The molecule has 90 valence electrons. The monoisotopic (exact) mass is 238 g/mol. The van der Waals surface area contributed by atoms with Gasteiger partial charge in [-0.3, -0.25) is 0 Å². The molecule has 0 rings (SSSR count). The Morgan fingerprint density at radius 2 is 1.69 bits per heavy atom. The molecule has 0 aromatic heterocycles. The standard InChI is InChI=1S/C12H24O3.Na/c1-2-3-4-5-6-8-11(13)9-7-10-12(14)15;/h11,13H,2-10H2,1H3,(H,14,15);/q;+1/p-1. The zero-order valence-corrected chi connectivity index (χ0v) is 12.7. The van der Waals surface area contributed by atoms with E-state index in [2.05, 4.69) is 6.92 Å². The van der Waals surface area contributed by atoms with Gasteiger partial charge in [-0.05, 0) is 25.7 Å². The molecule has 0 bridgehead atoms. The fourth-order valence-corrected chi connectivity index (χ4v) is 1.61. The molecule has 1 N–H and O–H groups in total. The zero-order valence-electron chi connectivity index (χ0n) is 10.7. The van der Waals surface area contributed by atoms with Crippen molar-refractivity contribution in [2.75, 3.05) is 0 Å². The van der Waals surface area contributed by atoms with Crippen LogP contribution in [0.5, 0.6) is 0 Å². The second-order valence-corrected chi connectivity index (χ2v) is 4.12. The molecule has 0 fully saturated rings. The molecule has 0 saturated heterocycles. The summed E-state index contributed by atoms with van der Waals surface area (Å²) in [5, 5.41) is 19.6. The second-order valence-electron chi connectivity index (χ2n) is 4.12. The summed E-state index contributed by atoms with van der Waals surface area (Å²) in [6.07, 6.45) is 7.60. The predicted molar refractivity (Wildman–Crippen MR) is 58.2 cm³/mol. The molecule has 3 nitrogen and oxygen atoms in total. The number of carboxylic acids is 1. The average molecular weight is 238 g/mol. The van der Waals surface area contributed by atoms with Crippen molar-refractivity contribution in [3.8, 4) is 0 Å². The molecule has 0 aromatic rings. The van der Waals surface area contributed by atoms with Gasteiger partial charge in [-0.1, -0.05) is 39.0 Å². The van der Waals surface area contributed by atoms with Gasteiger partial charge >= 0.3 is 29.6 Å². The topological polar surface area (TPSA) is 60.4 Å². The van der Waals surface area contributed by atoms with Crippen molar-refractivity contribution in [1.29, 1.82) is 0 Å². The van der Waals surface area contributed by atoms with Crippen molar-refractivity contribution < 1.29 is 44.6 Å². The van der Waals surface area contributed by atoms with Crippen molar-refractivity contribution in [3.63, 3.8) is 0 Å². The van der Waals surface area contributed by atoms with Crippen LogP contribution >= 0.6 is 0 Å². The van der Waals surface area contributed by atoms with Crippen LogP contribution in [0.25, 0.3) is 0 Å². The first-order valence-electron chi connectivity index (χ1n) is 6.04. The summed E-state index contributed by atoms with van der Waals surface area (Å²) in [5.74, 6) is -1.02. The number of unbranched alkanes of at least 4 members (excludes halogenated alkanes) is 4. The van der Waals surface area contributed by atoms with Gasteiger partial charge in [-0.25, -0.2) is 0 Å². The van der Waals surface area contributed by atoms with Crippen LogP contribution in [0.15, 0.2) is 0 Å². The van der Waals surface area contributed by atoms with Gasteiger partial charge in [0.25, 0.3) is 0 Å². The van der Waals surface area contributed by atoms with Crippen LogP contribution in [0, 0.1) is 0 Å². The summed E-state index contributed by atoms with van der Waals surface area (Å²) in [5.41, 5.74) is 0. The Balaban J connectivity index is 0. The van der Waals surface area contributed by atoms with E-state index >= 15 is 0 Å². The second kappa shape index (κ2) is 13.5. The smallest absolute Gasteiger partial charge is 0.550 e. The Kier molecular flexibility index (Phi) is 15.8. The third-order valence-corrected chi connectivity index (χ3v) is 2.56. The minimum Gasteiger partial charge on any atom is -0.550 e. The molecule has 0 heterocycles. The summed E-state index contributed by atoms with van der Waals surface area (Å²) < 4.78 is 0. The molecule has 16 heavy (non-hydrogen) atoms. The molecule has 0 aliphatic rings. The fraction of sp³-hybridized carbons (Fsp3) is 0.917. The molecule has 0 aliphatic carbocycles. The summed E-state index contributed by atoms with van der Waals surface area (Å²) in [4.78, 5) is 10.1. The molecule has 0 radical (unpaired) electrons. The first-order chi connectivity index (χ1) is 7.16. The van der Waals surface area contributed by atoms with E-state index < -0.39 is 5.97 Å². The van der Waals surface area contributed by atoms with E-state index in [1.165, 1.54) is 25.7 Å². The van der Waals surface area contributed by atoms with Crippen LogP contribution in [-0.2, 0) is 4.79 Å². The van der Waals surface area contributed by atoms with Gasteiger partial charge in [0.1, 0.15) is 0 Å². The van der Waals surface area contributed by atoms with Crippen molar-refractivity contribution in [2.24, 2.45) is 0 Å². The number of aliphatic hydroxyl groups excluding tert-OH is 1. The van der Waals surface area contributed by atoms with E-state index in [-0.39, 0.29) is 42.1 Å². The summed E-state index contributed by atoms with van der Waals surface area (Å²) in [6.45, 7) is 2.18. The average Bonchev–Trinajstić information content (AvgIpc) is 2.17. The predicted octanol–water partition coefficient (Wildman–Crippen LogP) is -1.37. The maximum absolute atomic E-state index is 10.1. The van der Waals surface area contributed by atoms with Crippen LogP contribution in [0.4, 0.5) is 0 Å². The molecule has 0 amide bonds. The number of hydrogen-bond acceptors (Lipinski definition) is 3. The molecule has 0 saturated carbocycles. The molecule has 1 atom stereocenters. The van der Waals surface area contributed by atoms with Crippen LogP contribution in [0.3, 0.4) is 0 Å². The van der Waals surface area contributed by atoms with Gasteiger partial charge in [0.2, 0.25) is 0 Å². The minimum atomic E-state index is -1.02. The van der Waals surface area contributed by atoms with Crippen LogP contribution in [0.1, 0.15) is 64.7 Å². The van der Waals surface area contributed by atoms with Gasteiger partial charge in [0.15, 0.2) is 0 Å². The maximum atomic E-state index is 10.1. The van der Waals surface area contributed by atoms with Gasteiger partial charge in [0, 0.05) is 5.97 Å². The normalized spacial score (nSPS) is 11.9. The van der Waals surface area contributed by atoms with Crippen LogP contribution in [0.2, 0.25) is 0 Å². The Morgan fingerprint density at radius 1 is 1.12 bits per heavy atom. The summed E-state index contributed by atoms with van der Waals surface area (Å²) >= 11 is 0. The van der Waals surface area contributed by atoms with Crippen molar-refractivity contribution in [1.82, 2.24) is 0 Å². The first-order valence-corrected chi connectivity index (χ1v) is 6.04. The van der Waals surface area contributed by atoms with Gasteiger partial charge in [-0.15, -0.1) is 0 Å². The number of rotatable bonds is 10. The SMILES string of the molecule is CCCCCCCC(O)CCCC(=O)[O-].[Na+]. The Morgan fingerprint density at radius 3 is 2.25 bits per heavy atom. The van der Waals surface area contributed by atoms with Crippen molar-refractivity contribution >= 4 is 5.97 Å². The minimum absolute atomic E-state index is 0. The molecule has 1 unspecified atom stereocenters. The number of aliphatic carboxylic acids is 1. The van der Waals surface area contributed by atoms with Crippen LogP contribution in [-0.4, -0.2) is 17.2 Å². The van der Waals surface area contributed by atoms with Gasteiger partial charge < -0.3 is 15.0 Å². The zero-order chi connectivity index (χ0) is 11.5. The van der Waals surface area contributed by atoms with Crippen LogP contribution < -0.4 is 34.7 Å². The number of aliphatic hydroxyl groups is 1. The van der Waals surface area contributed by atoms with E-state index in [4.69, 9.17) is 0 Å². The molecule has 0 aromatic carbocycles. The molecule has 0 spiro atoms. The quantitative estimate of drug-likeness (QED) is 0.377. The van der Waals surface area contributed by atoms with E-state index in [1.54, 1.807) is 0 Å². The third-order valence-electron chi connectivity index (χ3n) is 2.56. The Labute approximate surface area is 121 Å². The van der Waals surface area contributed by atoms with Gasteiger partial charge in [0.05, 0.1) is 6.10 Å². The maximum Gasteiger partial charge on any atom is 1.00 e. The Bertz CT molecular complexity index is 162. The Hall–Kier alpha value is 0.430. The number of hydrogen-bond donors (Lipinski definition) is 1. The molecular formula is C12H23NaO3. The van der Waals surface area contributed by atoms with Crippen molar-refractivity contribution in [3.05, 3.63) is 0 Å². The summed E-state index contributed by atoms with van der Waals surface area (Å²) in [7, 11) is 0. The van der Waals surface area contributed by atoms with Gasteiger partial charge in [-0.2, -0.15) is 0 Å².